The van der Waals surface area contributed by atoms with Crippen LogP contribution in [0, 0.1) is 17.5 Å². The Labute approximate surface area is 112 Å². The molecule has 104 valence electrons. The first kappa shape index (κ1) is 13.9. The zero-order chi connectivity index (χ0) is 14.7. The molecule has 2 aromatic rings. The summed E-state index contributed by atoms with van der Waals surface area (Å²) < 4.78 is 44.4. The maximum atomic E-state index is 13.3. The Kier molecular flexibility index (Phi) is 3.93. The Morgan fingerprint density at radius 1 is 1.10 bits per heavy atom. The minimum absolute atomic E-state index is 0.0189. The van der Waals surface area contributed by atoms with Crippen LogP contribution >= 0.6 is 0 Å². The van der Waals surface area contributed by atoms with Crippen LogP contribution in [-0.2, 0) is 11.3 Å². The van der Waals surface area contributed by atoms with E-state index in [4.69, 9.17) is 10.5 Å². The molecule has 2 aromatic carbocycles. The van der Waals surface area contributed by atoms with Crippen molar-refractivity contribution in [2.24, 2.45) is 0 Å². The second-order valence-corrected chi connectivity index (χ2v) is 4.01. The fourth-order valence-corrected chi connectivity index (χ4v) is 1.59. The highest BCUT2D eigenvalue weighted by molar-refractivity contribution is 5.95. The molecule has 0 bridgehead atoms. The van der Waals surface area contributed by atoms with Crippen molar-refractivity contribution in [2.75, 3.05) is 5.73 Å². The maximum absolute atomic E-state index is 13.3. The smallest absolute Gasteiger partial charge is 0.340 e. The van der Waals surface area contributed by atoms with Gasteiger partial charge in [0, 0.05) is 5.69 Å². The number of halogens is 3. The second kappa shape index (κ2) is 5.64. The summed E-state index contributed by atoms with van der Waals surface area (Å²) in [5, 5.41) is 0. The van der Waals surface area contributed by atoms with Crippen LogP contribution in [0.4, 0.5) is 18.9 Å². The van der Waals surface area contributed by atoms with Crippen LogP contribution in [0.1, 0.15) is 15.9 Å². The third-order valence-electron chi connectivity index (χ3n) is 2.64. The number of hydrogen-bond donors (Lipinski definition) is 1. The summed E-state index contributed by atoms with van der Waals surface area (Å²) in [6.07, 6.45) is 0. The third kappa shape index (κ3) is 2.90. The minimum Gasteiger partial charge on any atom is -0.457 e. The zero-order valence-electron chi connectivity index (χ0n) is 10.2. The van der Waals surface area contributed by atoms with Gasteiger partial charge in [-0.25, -0.2) is 18.0 Å². The van der Waals surface area contributed by atoms with E-state index >= 15 is 0 Å². The van der Waals surface area contributed by atoms with Gasteiger partial charge in [0.15, 0.2) is 0 Å². The van der Waals surface area contributed by atoms with Crippen molar-refractivity contribution in [1.29, 1.82) is 0 Å². The number of ether oxygens (including phenoxy) is 1. The molecule has 0 amide bonds. The van der Waals surface area contributed by atoms with Crippen LogP contribution in [0.25, 0.3) is 0 Å². The molecule has 0 unspecified atom stereocenters. The van der Waals surface area contributed by atoms with Crippen LogP contribution < -0.4 is 5.73 Å². The van der Waals surface area contributed by atoms with E-state index in [0.717, 1.165) is 24.3 Å². The van der Waals surface area contributed by atoms with Crippen LogP contribution in [-0.4, -0.2) is 5.97 Å². The van der Waals surface area contributed by atoms with E-state index in [9.17, 15) is 18.0 Å². The van der Waals surface area contributed by atoms with Gasteiger partial charge in [0.2, 0.25) is 0 Å². The van der Waals surface area contributed by atoms with Gasteiger partial charge in [-0.3, -0.25) is 0 Å². The fraction of sp³-hybridized carbons (Fsp3) is 0.0714. The first-order valence-corrected chi connectivity index (χ1v) is 5.64. The van der Waals surface area contributed by atoms with E-state index in [2.05, 4.69) is 0 Å². The van der Waals surface area contributed by atoms with E-state index < -0.39 is 30.0 Å². The summed E-state index contributed by atoms with van der Waals surface area (Å²) in [4.78, 5) is 11.7. The number of esters is 1. The van der Waals surface area contributed by atoms with Crippen molar-refractivity contribution >= 4 is 11.7 Å². The molecule has 0 heterocycles. The highest BCUT2D eigenvalue weighted by atomic mass is 19.1. The predicted molar refractivity (Wildman–Crippen MR) is 66.3 cm³/mol. The second-order valence-electron chi connectivity index (χ2n) is 4.01. The Hall–Kier alpha value is -2.50. The van der Waals surface area contributed by atoms with Gasteiger partial charge in [0.25, 0.3) is 0 Å². The number of benzene rings is 2. The highest BCUT2D eigenvalue weighted by Crippen LogP contribution is 2.17. The summed E-state index contributed by atoms with van der Waals surface area (Å²) in [6, 6.07) is 6.47. The summed E-state index contributed by atoms with van der Waals surface area (Å²) in [6.45, 7) is -0.604. The van der Waals surface area contributed by atoms with E-state index in [1.165, 1.54) is 12.1 Å². The molecule has 0 aliphatic heterocycles. The SMILES string of the molecule is Nc1ccc(F)cc1C(=O)OCc1c(F)cccc1F. The molecule has 0 fully saturated rings. The van der Waals surface area contributed by atoms with Gasteiger partial charge in [0.1, 0.15) is 24.1 Å². The summed E-state index contributed by atoms with van der Waals surface area (Å²) >= 11 is 0. The molecular formula is C14H10F3NO2. The number of hydrogen-bond acceptors (Lipinski definition) is 3. The Morgan fingerprint density at radius 3 is 2.40 bits per heavy atom. The Bertz CT molecular complexity index is 639. The van der Waals surface area contributed by atoms with Gasteiger partial charge >= 0.3 is 5.97 Å². The number of carbonyl (C=O) groups is 1. The number of nitrogen functional groups attached to an aromatic ring is 1. The predicted octanol–water partition coefficient (Wildman–Crippen LogP) is 3.04. The molecule has 3 nitrogen and oxygen atoms in total. The quantitative estimate of drug-likeness (QED) is 0.695. The number of anilines is 1. The molecule has 0 spiro atoms. The summed E-state index contributed by atoms with van der Waals surface area (Å²) in [5.74, 6) is -3.28. The Balaban J connectivity index is 2.15. The van der Waals surface area contributed by atoms with Crippen molar-refractivity contribution in [2.45, 2.75) is 6.61 Å². The average molecular weight is 281 g/mol. The molecule has 2 rings (SSSR count). The Morgan fingerprint density at radius 2 is 1.75 bits per heavy atom. The lowest BCUT2D eigenvalue weighted by atomic mass is 10.1. The molecule has 0 saturated heterocycles. The standard InChI is InChI=1S/C14H10F3NO2/c15-8-4-5-13(18)9(6-8)14(19)20-7-10-11(16)2-1-3-12(10)17/h1-6H,7,18H2. The van der Waals surface area contributed by atoms with Crippen LogP contribution in [0.5, 0.6) is 0 Å². The monoisotopic (exact) mass is 281 g/mol. The highest BCUT2D eigenvalue weighted by Gasteiger charge is 2.15. The summed E-state index contributed by atoms with van der Waals surface area (Å²) in [7, 11) is 0. The van der Waals surface area contributed by atoms with Crippen molar-refractivity contribution in [3.05, 3.63) is 65.0 Å². The largest absolute Gasteiger partial charge is 0.457 e. The van der Waals surface area contributed by atoms with Crippen LogP contribution in [0.15, 0.2) is 36.4 Å². The van der Waals surface area contributed by atoms with Gasteiger partial charge in [-0.2, -0.15) is 0 Å². The molecule has 0 radical (unpaired) electrons. The first-order valence-electron chi connectivity index (χ1n) is 5.64. The molecule has 0 aliphatic rings. The molecule has 2 N–H and O–H groups in total. The fourth-order valence-electron chi connectivity index (χ4n) is 1.59. The number of rotatable bonds is 3. The van der Waals surface area contributed by atoms with Crippen LogP contribution in [0.2, 0.25) is 0 Å². The van der Waals surface area contributed by atoms with E-state index in [0.29, 0.717) is 0 Å². The van der Waals surface area contributed by atoms with E-state index in [1.807, 2.05) is 0 Å². The van der Waals surface area contributed by atoms with Crippen molar-refractivity contribution in [1.82, 2.24) is 0 Å². The zero-order valence-corrected chi connectivity index (χ0v) is 10.2. The molecule has 0 saturated carbocycles. The van der Waals surface area contributed by atoms with E-state index in [1.54, 1.807) is 0 Å². The van der Waals surface area contributed by atoms with E-state index in [-0.39, 0.29) is 16.8 Å². The molecule has 6 heteroatoms. The molecule has 0 aromatic heterocycles. The molecule has 0 aliphatic carbocycles. The lowest BCUT2D eigenvalue weighted by Gasteiger charge is -2.08. The lowest BCUT2D eigenvalue weighted by molar-refractivity contribution is 0.0465. The number of nitrogens with two attached hydrogens (primary N) is 1. The van der Waals surface area contributed by atoms with Gasteiger partial charge < -0.3 is 10.5 Å². The van der Waals surface area contributed by atoms with Crippen LogP contribution in [0.3, 0.4) is 0 Å². The summed E-state index contributed by atoms with van der Waals surface area (Å²) in [5.41, 5.74) is 4.95. The van der Waals surface area contributed by atoms with Crippen molar-refractivity contribution in [3.63, 3.8) is 0 Å². The molecular weight excluding hydrogens is 271 g/mol. The van der Waals surface area contributed by atoms with Gasteiger partial charge in [-0.1, -0.05) is 6.07 Å². The number of carbonyl (C=O) groups excluding carboxylic acids is 1. The average Bonchev–Trinajstić information content (AvgIpc) is 2.40. The molecule has 20 heavy (non-hydrogen) atoms. The topological polar surface area (TPSA) is 52.3 Å². The maximum Gasteiger partial charge on any atom is 0.340 e. The third-order valence-corrected chi connectivity index (χ3v) is 2.64. The van der Waals surface area contributed by atoms with Gasteiger partial charge in [0.05, 0.1) is 11.1 Å². The first-order chi connectivity index (χ1) is 9.49. The van der Waals surface area contributed by atoms with Crippen molar-refractivity contribution < 1.29 is 22.7 Å². The molecule has 0 atom stereocenters. The van der Waals surface area contributed by atoms with Crippen molar-refractivity contribution in [3.8, 4) is 0 Å². The minimum atomic E-state index is -0.954. The van der Waals surface area contributed by atoms with Gasteiger partial charge in [-0.05, 0) is 30.3 Å². The van der Waals surface area contributed by atoms with Gasteiger partial charge in [-0.15, -0.1) is 0 Å². The normalized spacial score (nSPS) is 10.3. The lowest BCUT2D eigenvalue weighted by Crippen LogP contribution is -2.10.